The Labute approximate surface area is 87.1 Å². The van der Waals surface area contributed by atoms with E-state index in [-0.39, 0.29) is 18.1 Å². The van der Waals surface area contributed by atoms with Crippen LogP contribution in [0.5, 0.6) is 0 Å². The van der Waals surface area contributed by atoms with Gasteiger partial charge < -0.3 is 10.4 Å². The molecule has 0 aromatic carbocycles. The SMILES string of the molecule is O=C(NCCCCO)c1cncc(F)c1. The molecule has 4 nitrogen and oxygen atoms in total. The number of carbonyl (C=O) groups excluding carboxylic acids is 1. The van der Waals surface area contributed by atoms with Gasteiger partial charge in [-0.25, -0.2) is 4.39 Å². The van der Waals surface area contributed by atoms with Crippen molar-refractivity contribution in [3.05, 3.63) is 29.8 Å². The summed E-state index contributed by atoms with van der Waals surface area (Å²) in [6, 6.07) is 1.13. The van der Waals surface area contributed by atoms with Crippen molar-refractivity contribution >= 4 is 5.91 Å². The van der Waals surface area contributed by atoms with Crippen LogP contribution in [0.4, 0.5) is 4.39 Å². The maximum absolute atomic E-state index is 12.7. The van der Waals surface area contributed by atoms with Crippen molar-refractivity contribution in [2.45, 2.75) is 12.8 Å². The minimum absolute atomic E-state index is 0.109. The zero-order chi connectivity index (χ0) is 11.1. The van der Waals surface area contributed by atoms with E-state index in [1.807, 2.05) is 0 Å². The van der Waals surface area contributed by atoms with Gasteiger partial charge in [0.2, 0.25) is 0 Å². The molecule has 2 N–H and O–H groups in total. The van der Waals surface area contributed by atoms with Gasteiger partial charge in [-0.05, 0) is 18.9 Å². The fraction of sp³-hybridized carbons (Fsp3) is 0.400. The maximum Gasteiger partial charge on any atom is 0.252 e. The number of pyridine rings is 1. The van der Waals surface area contributed by atoms with Gasteiger partial charge in [-0.15, -0.1) is 0 Å². The van der Waals surface area contributed by atoms with E-state index in [1.165, 1.54) is 6.20 Å². The van der Waals surface area contributed by atoms with E-state index in [1.54, 1.807) is 0 Å². The van der Waals surface area contributed by atoms with Gasteiger partial charge in [0.15, 0.2) is 0 Å². The van der Waals surface area contributed by atoms with E-state index >= 15 is 0 Å². The van der Waals surface area contributed by atoms with Crippen molar-refractivity contribution in [3.8, 4) is 0 Å². The highest BCUT2D eigenvalue weighted by atomic mass is 19.1. The highest BCUT2D eigenvalue weighted by Crippen LogP contribution is 2.00. The van der Waals surface area contributed by atoms with E-state index in [0.717, 1.165) is 12.3 Å². The summed E-state index contributed by atoms with van der Waals surface area (Å²) >= 11 is 0. The van der Waals surface area contributed by atoms with E-state index in [9.17, 15) is 9.18 Å². The first-order chi connectivity index (χ1) is 7.24. The molecule has 1 aromatic heterocycles. The number of aliphatic hydroxyl groups is 1. The van der Waals surface area contributed by atoms with Gasteiger partial charge in [-0.3, -0.25) is 9.78 Å². The lowest BCUT2D eigenvalue weighted by atomic mass is 10.2. The fourth-order valence-corrected chi connectivity index (χ4v) is 1.08. The summed E-state index contributed by atoms with van der Waals surface area (Å²) in [6.45, 7) is 0.577. The molecule has 82 valence electrons. The molecule has 0 radical (unpaired) electrons. The van der Waals surface area contributed by atoms with E-state index < -0.39 is 5.82 Å². The zero-order valence-corrected chi connectivity index (χ0v) is 8.24. The third-order valence-corrected chi connectivity index (χ3v) is 1.84. The van der Waals surface area contributed by atoms with Crippen LogP contribution >= 0.6 is 0 Å². The molecule has 5 heteroatoms. The second kappa shape index (κ2) is 6.08. The summed E-state index contributed by atoms with van der Waals surface area (Å²) in [5.74, 6) is -0.877. The van der Waals surface area contributed by atoms with Crippen LogP contribution in [0.1, 0.15) is 23.2 Å². The molecule has 0 aliphatic rings. The topological polar surface area (TPSA) is 62.2 Å². The molecule has 15 heavy (non-hydrogen) atoms. The Bertz CT molecular complexity index is 331. The molecule has 0 unspecified atom stereocenters. The van der Waals surface area contributed by atoms with Gasteiger partial charge in [0.05, 0.1) is 11.8 Å². The lowest BCUT2D eigenvalue weighted by Crippen LogP contribution is -2.24. The smallest absolute Gasteiger partial charge is 0.252 e. The highest BCUT2D eigenvalue weighted by molar-refractivity contribution is 5.93. The standard InChI is InChI=1S/C10H13FN2O2/c11-9-5-8(6-12-7-9)10(15)13-3-1-2-4-14/h5-7,14H,1-4H2,(H,13,15). The molecule has 0 aliphatic heterocycles. The van der Waals surface area contributed by atoms with Crippen LogP contribution in [0.25, 0.3) is 0 Å². The Hall–Kier alpha value is -1.49. The molecular formula is C10H13FN2O2. The van der Waals surface area contributed by atoms with Crippen LogP contribution in [0.3, 0.4) is 0 Å². The van der Waals surface area contributed by atoms with Crippen LogP contribution in [0, 0.1) is 5.82 Å². The summed E-state index contributed by atoms with van der Waals surface area (Å²) in [5.41, 5.74) is 0.207. The summed E-state index contributed by atoms with van der Waals surface area (Å²) in [6.07, 6.45) is 3.69. The molecular weight excluding hydrogens is 199 g/mol. The summed E-state index contributed by atoms with van der Waals surface area (Å²) in [4.78, 5) is 15.0. The first kappa shape index (κ1) is 11.6. The van der Waals surface area contributed by atoms with Gasteiger partial charge in [-0.1, -0.05) is 0 Å². The van der Waals surface area contributed by atoms with Crippen LogP contribution in [-0.2, 0) is 0 Å². The largest absolute Gasteiger partial charge is 0.396 e. The van der Waals surface area contributed by atoms with Gasteiger partial charge in [-0.2, -0.15) is 0 Å². The van der Waals surface area contributed by atoms with Crippen molar-refractivity contribution in [2.24, 2.45) is 0 Å². The molecule has 0 fully saturated rings. The quantitative estimate of drug-likeness (QED) is 0.707. The number of carbonyl (C=O) groups is 1. The number of unbranched alkanes of at least 4 members (excludes halogenated alkanes) is 1. The molecule has 0 aliphatic carbocycles. The Morgan fingerprint density at radius 1 is 1.47 bits per heavy atom. The second-order valence-corrected chi connectivity index (χ2v) is 3.08. The number of halogens is 1. The molecule has 0 saturated heterocycles. The lowest BCUT2D eigenvalue weighted by Gasteiger charge is -2.03. The molecule has 1 amide bonds. The Kier molecular flexibility index (Phi) is 4.70. The average molecular weight is 212 g/mol. The Balaban J connectivity index is 2.40. The highest BCUT2D eigenvalue weighted by Gasteiger charge is 2.05. The number of aliphatic hydroxyl groups excluding tert-OH is 1. The Morgan fingerprint density at radius 3 is 2.93 bits per heavy atom. The molecule has 1 aromatic rings. The minimum atomic E-state index is -0.530. The predicted octanol–water partition coefficient (Wildman–Crippen LogP) is 0.723. The summed E-state index contributed by atoms with van der Waals surface area (Å²) < 4.78 is 12.7. The number of nitrogens with zero attached hydrogens (tertiary/aromatic N) is 1. The number of aromatic nitrogens is 1. The fourth-order valence-electron chi connectivity index (χ4n) is 1.08. The lowest BCUT2D eigenvalue weighted by molar-refractivity contribution is 0.0951. The van der Waals surface area contributed by atoms with Crippen LogP contribution in [0.2, 0.25) is 0 Å². The predicted molar refractivity (Wildman–Crippen MR) is 52.8 cm³/mol. The van der Waals surface area contributed by atoms with Crippen molar-refractivity contribution in [3.63, 3.8) is 0 Å². The van der Waals surface area contributed by atoms with Crippen molar-refractivity contribution < 1.29 is 14.3 Å². The molecule has 0 bridgehead atoms. The van der Waals surface area contributed by atoms with E-state index in [2.05, 4.69) is 10.3 Å². The third-order valence-electron chi connectivity index (χ3n) is 1.84. The third kappa shape index (κ3) is 4.03. The van der Waals surface area contributed by atoms with Gasteiger partial charge in [0, 0.05) is 19.3 Å². The zero-order valence-electron chi connectivity index (χ0n) is 8.24. The monoisotopic (exact) mass is 212 g/mol. The van der Waals surface area contributed by atoms with Crippen LogP contribution in [0.15, 0.2) is 18.5 Å². The van der Waals surface area contributed by atoms with Gasteiger partial charge in [0.25, 0.3) is 5.91 Å². The molecule has 0 spiro atoms. The Morgan fingerprint density at radius 2 is 2.27 bits per heavy atom. The van der Waals surface area contributed by atoms with E-state index in [0.29, 0.717) is 19.4 Å². The van der Waals surface area contributed by atoms with Crippen LogP contribution in [-0.4, -0.2) is 29.1 Å². The van der Waals surface area contributed by atoms with Gasteiger partial charge in [0.1, 0.15) is 5.82 Å². The second-order valence-electron chi connectivity index (χ2n) is 3.08. The van der Waals surface area contributed by atoms with E-state index in [4.69, 9.17) is 5.11 Å². The minimum Gasteiger partial charge on any atom is -0.396 e. The molecule has 0 atom stereocenters. The normalized spacial score (nSPS) is 10.0. The molecule has 1 heterocycles. The molecule has 0 saturated carbocycles. The first-order valence-electron chi connectivity index (χ1n) is 4.73. The number of nitrogens with one attached hydrogen (secondary N) is 1. The number of hydrogen-bond donors (Lipinski definition) is 2. The average Bonchev–Trinajstić information content (AvgIpc) is 2.24. The van der Waals surface area contributed by atoms with Crippen LogP contribution < -0.4 is 5.32 Å². The van der Waals surface area contributed by atoms with Gasteiger partial charge >= 0.3 is 0 Å². The van der Waals surface area contributed by atoms with Crippen molar-refractivity contribution in [1.82, 2.24) is 10.3 Å². The number of rotatable bonds is 5. The summed E-state index contributed by atoms with van der Waals surface area (Å²) in [5, 5.41) is 11.1. The maximum atomic E-state index is 12.7. The first-order valence-corrected chi connectivity index (χ1v) is 4.73. The van der Waals surface area contributed by atoms with Crippen molar-refractivity contribution in [2.75, 3.05) is 13.2 Å². The number of hydrogen-bond acceptors (Lipinski definition) is 3. The van der Waals surface area contributed by atoms with Crippen molar-refractivity contribution in [1.29, 1.82) is 0 Å². The summed E-state index contributed by atoms with van der Waals surface area (Å²) in [7, 11) is 0. The number of amides is 1. The molecule has 1 rings (SSSR count).